The molecule has 32 heavy (non-hydrogen) atoms. The van der Waals surface area contributed by atoms with Crippen LogP contribution in [0.15, 0.2) is 67.0 Å². The van der Waals surface area contributed by atoms with Crippen LogP contribution in [-0.4, -0.2) is 52.5 Å². The van der Waals surface area contributed by atoms with E-state index >= 15 is 0 Å². The van der Waals surface area contributed by atoms with Crippen molar-refractivity contribution in [1.29, 1.82) is 0 Å². The largest absolute Gasteiger partial charge is 0.490 e. The molecule has 1 fully saturated rings. The van der Waals surface area contributed by atoms with Crippen LogP contribution in [-0.2, 0) is 22.6 Å². The molecule has 0 radical (unpaired) electrons. The van der Waals surface area contributed by atoms with Gasteiger partial charge < -0.3 is 15.2 Å². The fourth-order valence-electron chi connectivity index (χ4n) is 4.00. The van der Waals surface area contributed by atoms with Crippen molar-refractivity contribution in [2.75, 3.05) is 26.3 Å². The van der Waals surface area contributed by atoms with Crippen LogP contribution in [0, 0.1) is 0 Å². The molecule has 0 spiro atoms. The minimum Gasteiger partial charge on any atom is -0.490 e. The molecule has 1 aliphatic rings. The Morgan fingerprint density at radius 1 is 1.16 bits per heavy atom. The molecule has 168 valence electrons. The fraction of sp³-hybridized carbons (Fsp3) is 0.333. The Kier molecular flexibility index (Phi) is 7.09. The van der Waals surface area contributed by atoms with E-state index in [-0.39, 0.29) is 13.0 Å². The van der Waals surface area contributed by atoms with Gasteiger partial charge in [-0.15, -0.1) is 0 Å². The predicted molar refractivity (Wildman–Crippen MR) is 122 cm³/mol. The van der Waals surface area contributed by atoms with Crippen molar-refractivity contribution in [3.05, 3.63) is 83.1 Å². The average Bonchev–Trinajstić information content (AvgIpc) is 3.19. The number of benzene rings is 2. The monoisotopic (exact) mass is 454 g/mol. The molecule has 0 saturated carbocycles. The number of primary amides is 1. The number of rotatable bonds is 9. The van der Waals surface area contributed by atoms with Crippen LogP contribution in [0.25, 0.3) is 0 Å². The third-order valence-corrected chi connectivity index (χ3v) is 5.64. The quantitative estimate of drug-likeness (QED) is 0.537. The Morgan fingerprint density at radius 3 is 2.78 bits per heavy atom. The van der Waals surface area contributed by atoms with Crippen LogP contribution in [0.2, 0.25) is 5.02 Å². The summed E-state index contributed by atoms with van der Waals surface area (Å²) in [6.07, 6.45) is 4.02. The molecule has 1 aromatic heterocycles. The van der Waals surface area contributed by atoms with E-state index in [1.807, 2.05) is 41.2 Å². The first-order valence-electron chi connectivity index (χ1n) is 10.6. The molecular weight excluding hydrogens is 428 g/mol. The normalized spacial score (nSPS) is 19.0. The number of nitrogens with zero attached hydrogens (tertiary/aromatic N) is 3. The third-order valence-electron chi connectivity index (χ3n) is 5.40. The molecule has 7 nitrogen and oxygen atoms in total. The van der Waals surface area contributed by atoms with Crippen molar-refractivity contribution >= 4 is 17.5 Å². The number of carbonyl (C=O) groups excluding carboxylic acids is 1. The van der Waals surface area contributed by atoms with Gasteiger partial charge in [0, 0.05) is 36.4 Å². The van der Waals surface area contributed by atoms with Gasteiger partial charge >= 0.3 is 0 Å². The summed E-state index contributed by atoms with van der Waals surface area (Å²) in [5.41, 5.74) is 7.04. The van der Waals surface area contributed by atoms with Crippen molar-refractivity contribution < 1.29 is 14.3 Å². The lowest BCUT2D eigenvalue weighted by Gasteiger charge is -2.41. The maximum Gasteiger partial charge on any atom is 0.220 e. The Morgan fingerprint density at radius 2 is 2.00 bits per heavy atom. The summed E-state index contributed by atoms with van der Waals surface area (Å²) in [4.78, 5) is 14.1. The summed E-state index contributed by atoms with van der Waals surface area (Å²) in [6, 6.07) is 17.4. The number of hydrogen-bond acceptors (Lipinski definition) is 5. The van der Waals surface area contributed by atoms with Crippen LogP contribution in [0.3, 0.4) is 0 Å². The molecule has 2 heterocycles. The lowest BCUT2D eigenvalue weighted by atomic mass is 9.97. The second kappa shape index (κ2) is 10.2. The van der Waals surface area contributed by atoms with E-state index in [1.165, 1.54) is 5.56 Å². The lowest BCUT2D eigenvalue weighted by molar-refractivity contribution is -0.148. The number of nitrogens with two attached hydrogens (primary N) is 1. The maximum absolute atomic E-state index is 11.8. The van der Waals surface area contributed by atoms with Crippen molar-refractivity contribution in [2.24, 2.45) is 5.73 Å². The van der Waals surface area contributed by atoms with Gasteiger partial charge in [-0.05, 0) is 23.8 Å². The fourth-order valence-corrected chi connectivity index (χ4v) is 4.18. The first kappa shape index (κ1) is 22.3. The van der Waals surface area contributed by atoms with Crippen molar-refractivity contribution in [3.63, 3.8) is 0 Å². The van der Waals surface area contributed by atoms with E-state index in [4.69, 9.17) is 26.8 Å². The summed E-state index contributed by atoms with van der Waals surface area (Å²) in [6.45, 7) is 3.41. The van der Waals surface area contributed by atoms with Crippen molar-refractivity contribution in [3.8, 4) is 5.75 Å². The van der Waals surface area contributed by atoms with Gasteiger partial charge in [-0.25, -0.2) is 0 Å². The number of hydrogen-bond donors (Lipinski definition) is 1. The topological polar surface area (TPSA) is 82.6 Å². The van der Waals surface area contributed by atoms with Gasteiger partial charge in [0.15, 0.2) is 0 Å². The van der Waals surface area contributed by atoms with E-state index in [9.17, 15) is 4.79 Å². The van der Waals surface area contributed by atoms with E-state index < -0.39 is 11.5 Å². The highest BCUT2D eigenvalue weighted by atomic mass is 35.5. The Bertz CT molecular complexity index is 1040. The highest BCUT2D eigenvalue weighted by Crippen LogP contribution is 2.26. The van der Waals surface area contributed by atoms with E-state index in [1.54, 1.807) is 12.1 Å². The molecular formula is C24H27ClN4O3. The van der Waals surface area contributed by atoms with Gasteiger partial charge in [0.1, 0.15) is 18.0 Å². The molecule has 1 amide bonds. The van der Waals surface area contributed by atoms with Crippen LogP contribution in [0.5, 0.6) is 5.75 Å². The smallest absolute Gasteiger partial charge is 0.220 e. The summed E-state index contributed by atoms with van der Waals surface area (Å²) < 4.78 is 13.9. The van der Waals surface area contributed by atoms with E-state index in [2.05, 4.69) is 28.3 Å². The molecule has 0 aliphatic carbocycles. The molecule has 0 unspecified atom stereocenters. The van der Waals surface area contributed by atoms with Crippen LogP contribution < -0.4 is 10.5 Å². The number of morpholine rings is 1. The van der Waals surface area contributed by atoms with Gasteiger partial charge in [0.25, 0.3) is 0 Å². The minimum atomic E-state index is -0.813. The van der Waals surface area contributed by atoms with Crippen molar-refractivity contribution in [1.82, 2.24) is 14.7 Å². The average molecular weight is 455 g/mol. The Labute approximate surface area is 192 Å². The van der Waals surface area contributed by atoms with Gasteiger partial charge in [-0.2, -0.15) is 5.10 Å². The Hall–Kier alpha value is -2.87. The summed E-state index contributed by atoms with van der Waals surface area (Å²) >= 11 is 6.05. The van der Waals surface area contributed by atoms with Crippen LogP contribution >= 0.6 is 11.6 Å². The Balaban J connectivity index is 1.40. The third kappa shape index (κ3) is 6.09. The van der Waals surface area contributed by atoms with Crippen LogP contribution in [0.4, 0.5) is 0 Å². The number of aromatic nitrogens is 2. The van der Waals surface area contributed by atoms with Crippen molar-refractivity contribution in [2.45, 2.75) is 25.1 Å². The molecule has 2 aromatic carbocycles. The number of carbonyl (C=O) groups is 1. The molecule has 8 heteroatoms. The van der Waals surface area contributed by atoms with Crippen LogP contribution in [0.1, 0.15) is 17.5 Å². The molecule has 3 aromatic rings. The molecule has 1 saturated heterocycles. The number of halogens is 1. The molecule has 4 rings (SSSR count). The number of amides is 1. The van der Waals surface area contributed by atoms with Gasteiger partial charge in [-0.3, -0.25) is 14.4 Å². The zero-order chi connectivity index (χ0) is 22.4. The second-order valence-electron chi connectivity index (χ2n) is 8.16. The highest BCUT2D eigenvalue weighted by molar-refractivity contribution is 6.30. The van der Waals surface area contributed by atoms with Gasteiger partial charge in [0.2, 0.25) is 5.91 Å². The number of ether oxygens (including phenoxy) is 2. The minimum absolute atomic E-state index is 0.0807. The summed E-state index contributed by atoms with van der Waals surface area (Å²) in [7, 11) is 0. The SMILES string of the molecule is NC(=O)C[C@@]1(COc2cccc(Cl)c2)CN(Cc2cnn(Cc3ccccc3)c2)CCO1. The predicted octanol–water partition coefficient (Wildman–Crippen LogP) is 3.11. The van der Waals surface area contributed by atoms with Gasteiger partial charge in [-0.1, -0.05) is 48.0 Å². The molecule has 1 atom stereocenters. The summed E-state index contributed by atoms with van der Waals surface area (Å²) in [5, 5.41) is 5.08. The van der Waals surface area contributed by atoms with E-state index in [0.717, 1.165) is 18.7 Å². The first-order valence-corrected chi connectivity index (χ1v) is 11.0. The second-order valence-corrected chi connectivity index (χ2v) is 8.60. The summed E-state index contributed by atoms with van der Waals surface area (Å²) in [5.74, 6) is 0.210. The standard InChI is InChI=1S/C24H27ClN4O3/c25-21-7-4-8-22(11-21)31-18-24(12-23(26)30)17-28(9-10-32-24)14-20-13-27-29(16-20)15-19-5-2-1-3-6-19/h1-8,11,13,16H,9-10,12,14-15,17-18H2,(H2,26,30)/t24-/m0/s1. The molecule has 0 bridgehead atoms. The maximum atomic E-state index is 11.8. The van der Waals surface area contributed by atoms with Gasteiger partial charge in [0.05, 0.1) is 25.8 Å². The lowest BCUT2D eigenvalue weighted by Crippen LogP contribution is -2.56. The van der Waals surface area contributed by atoms with E-state index in [0.29, 0.717) is 30.5 Å². The molecule has 1 aliphatic heterocycles. The zero-order valence-corrected chi connectivity index (χ0v) is 18.6. The molecule has 2 N–H and O–H groups in total. The first-order chi connectivity index (χ1) is 15.5. The highest BCUT2D eigenvalue weighted by Gasteiger charge is 2.39. The zero-order valence-electron chi connectivity index (χ0n) is 17.8.